The molecule has 0 saturated carbocycles. The third-order valence-electron chi connectivity index (χ3n) is 3.90. The number of rotatable bonds is 5. The van der Waals surface area contributed by atoms with Crippen LogP contribution in [0.1, 0.15) is 56.2 Å². The zero-order valence-corrected chi connectivity index (χ0v) is 12.0. The monoisotopic (exact) mass is 261 g/mol. The third kappa shape index (κ3) is 3.90. The molecule has 19 heavy (non-hydrogen) atoms. The van der Waals surface area contributed by atoms with Crippen molar-refractivity contribution in [1.29, 1.82) is 0 Å². The molecule has 2 heteroatoms. The van der Waals surface area contributed by atoms with Crippen molar-refractivity contribution in [2.24, 2.45) is 0 Å². The van der Waals surface area contributed by atoms with E-state index in [1.807, 2.05) is 13.0 Å². The lowest BCUT2D eigenvalue weighted by Gasteiger charge is -2.22. The second-order valence-electron chi connectivity index (χ2n) is 5.43. The molecule has 1 unspecified atom stereocenters. The van der Waals surface area contributed by atoms with Gasteiger partial charge in [-0.2, -0.15) is 0 Å². The summed E-state index contributed by atoms with van der Waals surface area (Å²) < 4.78 is 13.7. The predicted octanol–water partition coefficient (Wildman–Crippen LogP) is 4.68. The lowest BCUT2D eigenvalue weighted by atomic mass is 9.91. The van der Waals surface area contributed by atoms with E-state index in [0.717, 1.165) is 24.1 Å². The van der Waals surface area contributed by atoms with E-state index in [0.29, 0.717) is 0 Å². The molecule has 1 N–H and O–H groups in total. The summed E-state index contributed by atoms with van der Waals surface area (Å²) in [6, 6.07) is 5.86. The lowest BCUT2D eigenvalue weighted by Crippen LogP contribution is -2.22. The van der Waals surface area contributed by atoms with E-state index >= 15 is 0 Å². The standard InChI is InChI=1S/C17H24FN/c1-3-19-17(11-14-7-5-4-6-8-14)15-10-9-13(2)16(18)12-15/h7,9-10,12,17,19H,3-6,8,11H2,1-2H3. The molecule has 2 rings (SSSR count). The molecule has 0 fully saturated rings. The Morgan fingerprint density at radius 1 is 1.32 bits per heavy atom. The van der Waals surface area contributed by atoms with Crippen LogP contribution in [0.15, 0.2) is 29.8 Å². The minimum absolute atomic E-state index is 0.0990. The number of allylic oxidation sites excluding steroid dienone is 1. The highest BCUT2D eigenvalue weighted by molar-refractivity contribution is 5.27. The summed E-state index contributed by atoms with van der Waals surface area (Å²) in [4.78, 5) is 0. The Hall–Kier alpha value is -1.15. The molecule has 1 aromatic carbocycles. The van der Waals surface area contributed by atoms with Crippen molar-refractivity contribution in [2.45, 2.75) is 52.0 Å². The Morgan fingerprint density at radius 2 is 2.16 bits per heavy atom. The van der Waals surface area contributed by atoms with E-state index in [-0.39, 0.29) is 11.9 Å². The predicted molar refractivity (Wildman–Crippen MR) is 78.7 cm³/mol. The molecule has 1 aliphatic carbocycles. The van der Waals surface area contributed by atoms with Crippen molar-refractivity contribution in [2.75, 3.05) is 6.54 Å². The maximum absolute atomic E-state index is 13.7. The SMILES string of the molecule is CCNC(CC1=CCCCC1)c1ccc(C)c(F)c1. The summed E-state index contributed by atoms with van der Waals surface area (Å²) in [5.74, 6) is -0.0990. The van der Waals surface area contributed by atoms with Gasteiger partial charge in [0, 0.05) is 6.04 Å². The van der Waals surface area contributed by atoms with E-state index in [1.54, 1.807) is 6.07 Å². The normalized spacial score (nSPS) is 17.1. The van der Waals surface area contributed by atoms with Gasteiger partial charge in [0.15, 0.2) is 0 Å². The Morgan fingerprint density at radius 3 is 2.79 bits per heavy atom. The van der Waals surface area contributed by atoms with Gasteiger partial charge in [0.05, 0.1) is 0 Å². The summed E-state index contributed by atoms with van der Waals surface area (Å²) >= 11 is 0. The van der Waals surface area contributed by atoms with Crippen LogP contribution in [0.2, 0.25) is 0 Å². The van der Waals surface area contributed by atoms with Crippen molar-refractivity contribution in [1.82, 2.24) is 5.32 Å². The Balaban J connectivity index is 2.14. The number of nitrogens with one attached hydrogen (secondary N) is 1. The first-order valence-corrected chi connectivity index (χ1v) is 7.38. The first-order chi connectivity index (χ1) is 9.20. The van der Waals surface area contributed by atoms with Gasteiger partial charge >= 0.3 is 0 Å². The van der Waals surface area contributed by atoms with Crippen molar-refractivity contribution in [3.63, 3.8) is 0 Å². The highest BCUT2D eigenvalue weighted by Gasteiger charge is 2.15. The molecule has 0 spiro atoms. The molecule has 0 bridgehead atoms. The molecule has 0 heterocycles. The number of aryl methyl sites for hydroxylation is 1. The molecule has 1 atom stereocenters. The van der Waals surface area contributed by atoms with Crippen LogP contribution < -0.4 is 5.32 Å². The number of halogens is 1. The topological polar surface area (TPSA) is 12.0 Å². The Bertz CT molecular complexity index is 451. The van der Waals surface area contributed by atoms with Gasteiger partial charge < -0.3 is 5.32 Å². The molecule has 1 aliphatic rings. The first-order valence-electron chi connectivity index (χ1n) is 7.38. The van der Waals surface area contributed by atoms with Crippen LogP contribution in [-0.4, -0.2) is 6.54 Å². The molecule has 1 aromatic rings. The van der Waals surface area contributed by atoms with Gasteiger partial charge in [-0.3, -0.25) is 0 Å². The van der Waals surface area contributed by atoms with Gasteiger partial charge in [-0.05, 0) is 62.8 Å². The molecular formula is C17H24FN. The fraction of sp³-hybridized carbons (Fsp3) is 0.529. The van der Waals surface area contributed by atoms with E-state index in [2.05, 4.69) is 24.4 Å². The Kier molecular flexibility index (Phi) is 5.15. The van der Waals surface area contributed by atoms with Gasteiger partial charge in [-0.25, -0.2) is 4.39 Å². The smallest absolute Gasteiger partial charge is 0.126 e. The Labute approximate surface area is 115 Å². The summed E-state index contributed by atoms with van der Waals surface area (Å²) in [6.07, 6.45) is 8.41. The molecule has 0 aliphatic heterocycles. The molecule has 0 radical (unpaired) electrons. The van der Waals surface area contributed by atoms with Gasteiger partial charge in [0.1, 0.15) is 5.82 Å². The van der Waals surface area contributed by atoms with Crippen molar-refractivity contribution < 1.29 is 4.39 Å². The molecule has 0 amide bonds. The van der Waals surface area contributed by atoms with Crippen LogP contribution in [-0.2, 0) is 0 Å². The highest BCUT2D eigenvalue weighted by atomic mass is 19.1. The molecule has 0 saturated heterocycles. The molecule has 1 nitrogen and oxygen atoms in total. The highest BCUT2D eigenvalue weighted by Crippen LogP contribution is 2.28. The van der Waals surface area contributed by atoms with E-state index < -0.39 is 0 Å². The van der Waals surface area contributed by atoms with Crippen molar-refractivity contribution in [3.05, 3.63) is 46.8 Å². The minimum Gasteiger partial charge on any atom is -0.310 e. The van der Waals surface area contributed by atoms with Gasteiger partial charge in [-0.15, -0.1) is 0 Å². The van der Waals surface area contributed by atoms with E-state index in [9.17, 15) is 4.39 Å². The van der Waals surface area contributed by atoms with Crippen LogP contribution in [0.25, 0.3) is 0 Å². The first kappa shape index (κ1) is 14.3. The maximum atomic E-state index is 13.7. The van der Waals surface area contributed by atoms with E-state index in [4.69, 9.17) is 0 Å². The number of hydrogen-bond acceptors (Lipinski definition) is 1. The minimum atomic E-state index is -0.0990. The molecule has 104 valence electrons. The fourth-order valence-corrected chi connectivity index (χ4v) is 2.73. The van der Waals surface area contributed by atoms with Gasteiger partial charge in [0.2, 0.25) is 0 Å². The van der Waals surface area contributed by atoms with Crippen LogP contribution >= 0.6 is 0 Å². The van der Waals surface area contributed by atoms with E-state index in [1.165, 1.54) is 31.3 Å². The van der Waals surface area contributed by atoms with Crippen molar-refractivity contribution >= 4 is 0 Å². The lowest BCUT2D eigenvalue weighted by molar-refractivity contribution is 0.522. The van der Waals surface area contributed by atoms with Crippen LogP contribution in [0.4, 0.5) is 4.39 Å². The number of hydrogen-bond donors (Lipinski definition) is 1. The summed E-state index contributed by atoms with van der Waals surface area (Å²) in [7, 11) is 0. The second-order valence-corrected chi connectivity index (χ2v) is 5.43. The average Bonchev–Trinajstić information content (AvgIpc) is 2.43. The van der Waals surface area contributed by atoms with Gasteiger partial charge in [-0.1, -0.05) is 30.7 Å². The van der Waals surface area contributed by atoms with Gasteiger partial charge in [0.25, 0.3) is 0 Å². The zero-order chi connectivity index (χ0) is 13.7. The van der Waals surface area contributed by atoms with Crippen LogP contribution in [0.5, 0.6) is 0 Å². The average molecular weight is 261 g/mol. The fourth-order valence-electron chi connectivity index (χ4n) is 2.73. The van der Waals surface area contributed by atoms with Crippen molar-refractivity contribution in [3.8, 4) is 0 Å². The summed E-state index contributed by atoms with van der Waals surface area (Å²) in [6.45, 7) is 4.82. The molecular weight excluding hydrogens is 237 g/mol. The van der Waals surface area contributed by atoms with Crippen LogP contribution in [0, 0.1) is 12.7 Å². The zero-order valence-electron chi connectivity index (χ0n) is 12.0. The largest absolute Gasteiger partial charge is 0.310 e. The third-order valence-corrected chi connectivity index (χ3v) is 3.90. The maximum Gasteiger partial charge on any atom is 0.126 e. The second kappa shape index (κ2) is 6.85. The van der Waals surface area contributed by atoms with Crippen LogP contribution in [0.3, 0.4) is 0 Å². The molecule has 0 aromatic heterocycles. The summed E-state index contributed by atoms with van der Waals surface area (Å²) in [5, 5.41) is 3.49. The number of benzene rings is 1. The summed E-state index contributed by atoms with van der Waals surface area (Å²) in [5.41, 5.74) is 3.31. The quantitative estimate of drug-likeness (QED) is 0.759.